The van der Waals surface area contributed by atoms with Crippen molar-refractivity contribution in [1.82, 2.24) is 4.98 Å². The monoisotopic (exact) mass is 452 g/mol. The summed E-state index contributed by atoms with van der Waals surface area (Å²) in [5.41, 5.74) is -4.04. The third-order valence-electron chi connectivity index (χ3n) is 4.65. The van der Waals surface area contributed by atoms with E-state index in [4.69, 9.17) is 22.6 Å². The topological polar surface area (TPSA) is 97.5 Å². The molecule has 2 heterocycles. The SMILES string of the molecule is CC1(C)C(=O)N(c2cc(C(F)(F)F)c(C#N)cn2)C(=S)N1c1ccc(C(=O)O)c(F)c1. The summed E-state index contributed by atoms with van der Waals surface area (Å²) in [7, 11) is 0. The number of hydrogen-bond donors (Lipinski definition) is 1. The van der Waals surface area contributed by atoms with Crippen LogP contribution in [0.2, 0.25) is 0 Å². The third-order valence-corrected chi connectivity index (χ3v) is 5.02. The van der Waals surface area contributed by atoms with E-state index in [-0.39, 0.29) is 10.8 Å². The molecular weight excluding hydrogens is 440 g/mol. The predicted octanol–water partition coefficient (Wildman–Crippen LogP) is 3.73. The minimum absolute atomic E-state index is 0.0260. The Bertz CT molecular complexity index is 1170. The summed E-state index contributed by atoms with van der Waals surface area (Å²) >= 11 is 5.28. The number of benzene rings is 1. The Balaban J connectivity index is 2.12. The average molecular weight is 452 g/mol. The number of anilines is 2. The molecule has 1 saturated heterocycles. The summed E-state index contributed by atoms with van der Waals surface area (Å²) in [6.07, 6.45) is -4.19. The van der Waals surface area contributed by atoms with Crippen LogP contribution in [0.5, 0.6) is 0 Å². The molecule has 3 rings (SSSR count). The molecule has 0 spiro atoms. The van der Waals surface area contributed by atoms with E-state index in [1.807, 2.05) is 0 Å². The second-order valence-electron chi connectivity index (χ2n) is 6.98. The van der Waals surface area contributed by atoms with Crippen LogP contribution in [-0.2, 0) is 11.0 Å². The van der Waals surface area contributed by atoms with Gasteiger partial charge in [-0.05, 0) is 50.3 Å². The standard InChI is InChI=1S/C19H12F4N4O3S/c1-18(2)16(30)26(14-6-12(19(21,22)23)9(7-24)8-25-14)17(31)27(18)10-3-4-11(15(28)29)13(20)5-10/h3-6,8H,1-2H3,(H,28,29). The first-order valence-electron chi connectivity index (χ1n) is 8.49. The largest absolute Gasteiger partial charge is 0.478 e. The summed E-state index contributed by atoms with van der Waals surface area (Å²) in [6, 6.07) is 5.01. The minimum Gasteiger partial charge on any atom is -0.478 e. The van der Waals surface area contributed by atoms with E-state index < -0.39 is 51.9 Å². The number of carbonyl (C=O) groups excluding carboxylic acids is 1. The maximum absolute atomic E-state index is 14.2. The zero-order chi connectivity index (χ0) is 23.3. The number of hydrogen-bond acceptors (Lipinski definition) is 5. The van der Waals surface area contributed by atoms with Gasteiger partial charge in [-0.3, -0.25) is 4.79 Å². The van der Waals surface area contributed by atoms with Gasteiger partial charge in [0.05, 0.1) is 16.7 Å². The maximum Gasteiger partial charge on any atom is 0.417 e. The number of aromatic carboxylic acids is 1. The molecular formula is C19H12F4N4O3S. The highest BCUT2D eigenvalue weighted by atomic mass is 32.1. The number of rotatable bonds is 3. The van der Waals surface area contributed by atoms with Gasteiger partial charge >= 0.3 is 12.1 Å². The van der Waals surface area contributed by atoms with Gasteiger partial charge in [0.2, 0.25) is 0 Å². The van der Waals surface area contributed by atoms with Gasteiger partial charge in [0.25, 0.3) is 5.91 Å². The van der Waals surface area contributed by atoms with Crippen LogP contribution in [0.4, 0.5) is 29.1 Å². The number of pyridine rings is 1. The maximum atomic E-state index is 14.2. The lowest BCUT2D eigenvalue weighted by Gasteiger charge is -2.29. The molecule has 0 aliphatic carbocycles. The summed E-state index contributed by atoms with van der Waals surface area (Å²) in [5, 5.41) is 17.6. The van der Waals surface area contributed by atoms with E-state index in [9.17, 15) is 27.2 Å². The van der Waals surface area contributed by atoms with Gasteiger partial charge < -0.3 is 10.0 Å². The zero-order valence-electron chi connectivity index (χ0n) is 15.9. The lowest BCUT2D eigenvalue weighted by Crippen LogP contribution is -2.44. The van der Waals surface area contributed by atoms with Gasteiger partial charge in [-0.2, -0.15) is 18.4 Å². The number of halogens is 4. The number of carboxylic acids is 1. The van der Waals surface area contributed by atoms with Crippen LogP contribution in [0.1, 0.15) is 35.3 Å². The van der Waals surface area contributed by atoms with Gasteiger partial charge in [0.1, 0.15) is 23.2 Å². The Morgan fingerprint density at radius 2 is 1.94 bits per heavy atom. The number of alkyl halides is 3. The first kappa shape index (κ1) is 22.1. The van der Waals surface area contributed by atoms with Gasteiger partial charge in [0, 0.05) is 11.9 Å². The number of aromatic nitrogens is 1. The van der Waals surface area contributed by atoms with Gasteiger partial charge in [0.15, 0.2) is 5.11 Å². The molecule has 7 nitrogen and oxygen atoms in total. The number of nitriles is 1. The molecule has 0 bridgehead atoms. The fourth-order valence-corrected chi connectivity index (χ4v) is 3.65. The highest BCUT2D eigenvalue weighted by molar-refractivity contribution is 7.81. The Labute approximate surface area is 178 Å². The molecule has 1 aliphatic heterocycles. The van der Waals surface area contributed by atoms with Crippen LogP contribution in [0, 0.1) is 17.1 Å². The number of nitrogens with zero attached hydrogens (tertiary/aromatic N) is 4. The van der Waals surface area contributed by atoms with Crippen LogP contribution in [0.15, 0.2) is 30.5 Å². The van der Waals surface area contributed by atoms with Crippen molar-refractivity contribution in [1.29, 1.82) is 5.26 Å². The first-order chi connectivity index (χ1) is 14.3. The number of carboxylic acid groups (broad SMARTS) is 1. The number of amides is 1. The highest BCUT2D eigenvalue weighted by Crippen LogP contribution is 2.39. The molecule has 2 aromatic rings. The van der Waals surface area contributed by atoms with Crippen molar-refractivity contribution in [3.05, 3.63) is 53.0 Å². The Hall–Kier alpha value is -3.59. The molecule has 31 heavy (non-hydrogen) atoms. The van der Waals surface area contributed by atoms with E-state index in [1.54, 1.807) is 0 Å². The minimum atomic E-state index is -4.88. The van der Waals surface area contributed by atoms with Crippen LogP contribution in [0.25, 0.3) is 0 Å². The van der Waals surface area contributed by atoms with Gasteiger partial charge in [-0.15, -0.1) is 0 Å². The fourth-order valence-electron chi connectivity index (χ4n) is 3.14. The van der Waals surface area contributed by atoms with E-state index >= 15 is 0 Å². The second-order valence-corrected chi connectivity index (χ2v) is 7.35. The summed E-state index contributed by atoms with van der Waals surface area (Å²) in [4.78, 5) is 29.8. The molecule has 1 fully saturated rings. The second kappa shape index (κ2) is 7.28. The Kier molecular flexibility index (Phi) is 5.19. The van der Waals surface area contributed by atoms with Gasteiger partial charge in [-0.1, -0.05) is 0 Å². The molecule has 0 saturated carbocycles. The van der Waals surface area contributed by atoms with Crippen molar-refractivity contribution in [2.45, 2.75) is 25.6 Å². The normalized spacial score (nSPS) is 15.9. The molecule has 1 N–H and O–H groups in total. The zero-order valence-corrected chi connectivity index (χ0v) is 16.7. The molecule has 160 valence electrons. The fraction of sp³-hybridized carbons (Fsp3) is 0.211. The molecule has 0 atom stereocenters. The molecule has 1 aromatic carbocycles. The van der Waals surface area contributed by atoms with E-state index in [2.05, 4.69) is 4.98 Å². The van der Waals surface area contributed by atoms with Crippen LogP contribution in [-0.4, -0.2) is 32.6 Å². The lowest BCUT2D eigenvalue weighted by atomic mass is 10.0. The van der Waals surface area contributed by atoms with Gasteiger partial charge in [-0.25, -0.2) is 19.1 Å². The van der Waals surface area contributed by atoms with Crippen molar-refractivity contribution in [3.63, 3.8) is 0 Å². The van der Waals surface area contributed by atoms with Crippen molar-refractivity contribution in [2.75, 3.05) is 9.80 Å². The Morgan fingerprint density at radius 1 is 1.29 bits per heavy atom. The highest BCUT2D eigenvalue weighted by Gasteiger charge is 2.51. The molecule has 0 radical (unpaired) electrons. The van der Waals surface area contributed by atoms with Crippen molar-refractivity contribution < 1.29 is 32.3 Å². The first-order valence-corrected chi connectivity index (χ1v) is 8.90. The molecule has 0 unspecified atom stereocenters. The number of carbonyl (C=O) groups is 2. The van der Waals surface area contributed by atoms with E-state index in [0.717, 1.165) is 17.0 Å². The Morgan fingerprint density at radius 3 is 2.45 bits per heavy atom. The average Bonchev–Trinajstić information content (AvgIpc) is 2.84. The lowest BCUT2D eigenvalue weighted by molar-refractivity contribution is -0.137. The van der Waals surface area contributed by atoms with E-state index in [1.165, 1.54) is 30.9 Å². The summed E-state index contributed by atoms with van der Waals surface area (Å²) in [5.74, 6) is -3.78. The van der Waals surface area contributed by atoms with E-state index in [0.29, 0.717) is 12.3 Å². The van der Waals surface area contributed by atoms with Crippen molar-refractivity contribution >= 4 is 40.7 Å². The molecule has 12 heteroatoms. The van der Waals surface area contributed by atoms with Crippen molar-refractivity contribution in [3.8, 4) is 6.07 Å². The smallest absolute Gasteiger partial charge is 0.417 e. The quantitative estimate of drug-likeness (QED) is 0.560. The van der Waals surface area contributed by atoms with Crippen LogP contribution in [0.3, 0.4) is 0 Å². The predicted molar refractivity (Wildman–Crippen MR) is 104 cm³/mol. The summed E-state index contributed by atoms with van der Waals surface area (Å²) in [6.45, 7) is 2.83. The summed E-state index contributed by atoms with van der Waals surface area (Å²) < 4.78 is 54.2. The van der Waals surface area contributed by atoms with Crippen molar-refractivity contribution in [2.24, 2.45) is 0 Å². The molecule has 1 amide bonds. The molecule has 1 aliphatic rings. The number of thiocarbonyl (C=S) groups is 1. The van der Waals surface area contributed by atoms with Crippen LogP contribution < -0.4 is 9.80 Å². The van der Waals surface area contributed by atoms with Crippen LogP contribution >= 0.6 is 12.2 Å². The molecule has 1 aromatic heterocycles. The third kappa shape index (κ3) is 3.57.